The van der Waals surface area contributed by atoms with Gasteiger partial charge in [0.25, 0.3) is 0 Å². The lowest BCUT2D eigenvalue weighted by atomic mass is 9.91. The van der Waals surface area contributed by atoms with Crippen LogP contribution >= 0.6 is 0 Å². The van der Waals surface area contributed by atoms with Crippen molar-refractivity contribution < 1.29 is 15.0 Å². The van der Waals surface area contributed by atoms with Crippen LogP contribution < -0.4 is 5.32 Å². The molecule has 1 fully saturated rings. The van der Waals surface area contributed by atoms with Gasteiger partial charge in [-0.15, -0.1) is 0 Å². The third kappa shape index (κ3) is 3.80. The molecule has 1 saturated carbocycles. The van der Waals surface area contributed by atoms with Crippen molar-refractivity contribution >= 4 is 5.97 Å². The van der Waals surface area contributed by atoms with E-state index >= 15 is 0 Å². The third-order valence-corrected chi connectivity index (χ3v) is 3.02. The second kappa shape index (κ2) is 6.08. The normalized spacial score (nSPS) is 28.7. The molecule has 88 valence electrons. The Balaban J connectivity index is 2.44. The van der Waals surface area contributed by atoms with Gasteiger partial charge in [0.2, 0.25) is 0 Å². The topological polar surface area (TPSA) is 69.6 Å². The molecule has 0 aromatic heterocycles. The second-order valence-electron chi connectivity index (χ2n) is 4.30. The molecule has 0 spiro atoms. The Morgan fingerprint density at radius 2 is 2.13 bits per heavy atom. The van der Waals surface area contributed by atoms with Gasteiger partial charge in [0.1, 0.15) is 6.04 Å². The van der Waals surface area contributed by atoms with Crippen LogP contribution in [0.2, 0.25) is 0 Å². The van der Waals surface area contributed by atoms with Gasteiger partial charge < -0.3 is 10.2 Å². The molecule has 3 unspecified atom stereocenters. The minimum Gasteiger partial charge on any atom is -0.480 e. The van der Waals surface area contributed by atoms with Crippen LogP contribution in [0.4, 0.5) is 0 Å². The van der Waals surface area contributed by atoms with Crippen LogP contribution in [0.3, 0.4) is 0 Å². The van der Waals surface area contributed by atoms with E-state index in [1.165, 1.54) is 0 Å². The first kappa shape index (κ1) is 12.5. The summed E-state index contributed by atoms with van der Waals surface area (Å²) in [7, 11) is 0. The fourth-order valence-electron chi connectivity index (χ4n) is 2.13. The van der Waals surface area contributed by atoms with Crippen molar-refractivity contribution in [1.82, 2.24) is 5.32 Å². The molecule has 4 heteroatoms. The summed E-state index contributed by atoms with van der Waals surface area (Å²) in [5, 5.41) is 21.7. The van der Waals surface area contributed by atoms with Gasteiger partial charge in [-0.05, 0) is 19.3 Å². The minimum absolute atomic E-state index is 0.0357. The first-order chi connectivity index (χ1) is 7.15. The smallest absolute Gasteiger partial charge is 0.320 e. The van der Waals surface area contributed by atoms with Crippen molar-refractivity contribution in [1.29, 1.82) is 0 Å². The lowest BCUT2D eigenvalue weighted by molar-refractivity contribution is -0.140. The standard InChI is InChI=1S/C11H21NO3/c1-2-5-9(11(14)15)12-8-6-3-4-7-10(8)13/h8-10,12-13H,2-7H2,1H3,(H,14,15). The number of nitrogens with one attached hydrogen (secondary N) is 1. The molecule has 1 aliphatic carbocycles. The highest BCUT2D eigenvalue weighted by atomic mass is 16.4. The highest BCUT2D eigenvalue weighted by Crippen LogP contribution is 2.19. The molecule has 0 aromatic rings. The van der Waals surface area contributed by atoms with Crippen molar-refractivity contribution in [3.8, 4) is 0 Å². The van der Waals surface area contributed by atoms with Gasteiger partial charge >= 0.3 is 5.97 Å². The summed E-state index contributed by atoms with van der Waals surface area (Å²) in [6, 6.07) is -0.542. The molecular weight excluding hydrogens is 194 g/mol. The fraction of sp³-hybridized carbons (Fsp3) is 0.909. The Kier molecular flexibility index (Phi) is 5.05. The lowest BCUT2D eigenvalue weighted by Crippen LogP contribution is -2.49. The van der Waals surface area contributed by atoms with E-state index in [9.17, 15) is 9.90 Å². The van der Waals surface area contributed by atoms with Gasteiger partial charge in [0, 0.05) is 6.04 Å². The predicted molar refractivity (Wildman–Crippen MR) is 57.7 cm³/mol. The van der Waals surface area contributed by atoms with E-state index < -0.39 is 12.0 Å². The van der Waals surface area contributed by atoms with Crippen molar-refractivity contribution in [2.45, 2.75) is 63.6 Å². The molecule has 0 saturated heterocycles. The number of aliphatic carboxylic acids is 1. The van der Waals surface area contributed by atoms with Crippen molar-refractivity contribution in [2.24, 2.45) is 0 Å². The maximum Gasteiger partial charge on any atom is 0.320 e. The molecule has 4 nitrogen and oxygen atoms in total. The molecular formula is C11H21NO3. The molecule has 1 aliphatic rings. The minimum atomic E-state index is -0.811. The summed E-state index contributed by atoms with van der Waals surface area (Å²) in [4.78, 5) is 10.9. The van der Waals surface area contributed by atoms with Gasteiger partial charge in [-0.25, -0.2) is 0 Å². The van der Waals surface area contributed by atoms with Gasteiger partial charge in [0.05, 0.1) is 6.10 Å². The van der Waals surface area contributed by atoms with E-state index in [1.54, 1.807) is 0 Å². The Labute approximate surface area is 90.7 Å². The maximum atomic E-state index is 10.9. The zero-order chi connectivity index (χ0) is 11.3. The first-order valence-corrected chi connectivity index (χ1v) is 5.82. The van der Waals surface area contributed by atoms with E-state index in [0.717, 1.165) is 32.1 Å². The highest BCUT2D eigenvalue weighted by Gasteiger charge is 2.27. The van der Waals surface area contributed by atoms with Crippen LogP contribution in [0.15, 0.2) is 0 Å². The predicted octanol–water partition coefficient (Wildman–Crippen LogP) is 1.13. The number of rotatable bonds is 5. The molecule has 0 bridgehead atoms. The molecule has 0 radical (unpaired) electrons. The van der Waals surface area contributed by atoms with Gasteiger partial charge in [0.15, 0.2) is 0 Å². The van der Waals surface area contributed by atoms with Crippen LogP contribution in [0.25, 0.3) is 0 Å². The summed E-state index contributed by atoms with van der Waals surface area (Å²) in [6.45, 7) is 1.97. The number of aliphatic hydroxyl groups excluding tert-OH is 1. The molecule has 3 atom stereocenters. The van der Waals surface area contributed by atoms with Crippen LogP contribution in [-0.4, -0.2) is 34.4 Å². The summed E-state index contributed by atoms with van der Waals surface area (Å²) in [6.07, 6.45) is 4.88. The Bertz CT molecular complexity index is 208. The monoisotopic (exact) mass is 215 g/mol. The molecule has 0 aliphatic heterocycles. The van der Waals surface area contributed by atoms with E-state index in [4.69, 9.17) is 5.11 Å². The van der Waals surface area contributed by atoms with Gasteiger partial charge in [-0.2, -0.15) is 0 Å². The van der Waals surface area contributed by atoms with Crippen LogP contribution in [0.5, 0.6) is 0 Å². The van der Waals surface area contributed by atoms with Crippen molar-refractivity contribution in [2.75, 3.05) is 0 Å². The summed E-state index contributed by atoms with van der Waals surface area (Å²) in [5.41, 5.74) is 0. The molecule has 0 heterocycles. The number of hydrogen-bond acceptors (Lipinski definition) is 3. The van der Waals surface area contributed by atoms with Crippen molar-refractivity contribution in [3.05, 3.63) is 0 Å². The molecule has 3 N–H and O–H groups in total. The van der Waals surface area contributed by atoms with Crippen molar-refractivity contribution in [3.63, 3.8) is 0 Å². The van der Waals surface area contributed by atoms with Crippen LogP contribution in [-0.2, 0) is 4.79 Å². The lowest BCUT2D eigenvalue weighted by Gasteiger charge is -2.30. The second-order valence-corrected chi connectivity index (χ2v) is 4.30. The van der Waals surface area contributed by atoms with E-state index in [-0.39, 0.29) is 12.1 Å². The molecule has 0 amide bonds. The Hall–Kier alpha value is -0.610. The first-order valence-electron chi connectivity index (χ1n) is 5.82. The summed E-state index contributed by atoms with van der Waals surface area (Å²) < 4.78 is 0. The zero-order valence-corrected chi connectivity index (χ0v) is 9.28. The number of hydrogen-bond donors (Lipinski definition) is 3. The average Bonchev–Trinajstić information content (AvgIpc) is 2.20. The van der Waals surface area contributed by atoms with E-state index in [1.807, 2.05) is 6.92 Å². The fourth-order valence-corrected chi connectivity index (χ4v) is 2.13. The maximum absolute atomic E-state index is 10.9. The van der Waals surface area contributed by atoms with E-state index in [2.05, 4.69) is 5.32 Å². The Morgan fingerprint density at radius 1 is 1.47 bits per heavy atom. The molecule has 1 rings (SSSR count). The quantitative estimate of drug-likeness (QED) is 0.643. The summed E-state index contributed by atoms with van der Waals surface area (Å²) in [5.74, 6) is -0.811. The largest absolute Gasteiger partial charge is 0.480 e. The Morgan fingerprint density at radius 3 is 2.67 bits per heavy atom. The number of carboxylic acid groups (broad SMARTS) is 1. The van der Waals surface area contributed by atoms with Gasteiger partial charge in [-0.1, -0.05) is 26.2 Å². The van der Waals surface area contributed by atoms with Crippen LogP contribution in [0.1, 0.15) is 45.4 Å². The van der Waals surface area contributed by atoms with Gasteiger partial charge in [-0.3, -0.25) is 10.1 Å². The highest BCUT2D eigenvalue weighted by molar-refractivity contribution is 5.73. The SMILES string of the molecule is CCCC(NC1CCCCC1O)C(=O)O. The number of aliphatic hydroxyl groups is 1. The zero-order valence-electron chi connectivity index (χ0n) is 9.28. The summed E-state index contributed by atoms with van der Waals surface area (Å²) >= 11 is 0. The third-order valence-electron chi connectivity index (χ3n) is 3.02. The molecule has 15 heavy (non-hydrogen) atoms. The number of carboxylic acids is 1. The number of carbonyl (C=O) groups is 1. The average molecular weight is 215 g/mol. The van der Waals surface area contributed by atoms with E-state index in [0.29, 0.717) is 6.42 Å². The van der Waals surface area contributed by atoms with Crippen LogP contribution in [0, 0.1) is 0 Å². The molecule has 0 aromatic carbocycles.